The summed E-state index contributed by atoms with van der Waals surface area (Å²) in [5, 5.41) is 4.59. The molecule has 7 heteroatoms. The number of halogens is 1. The Balaban J connectivity index is 1.83. The molecule has 0 amide bonds. The highest BCUT2D eigenvalue weighted by Gasteiger charge is 2.19. The molecule has 0 radical (unpaired) electrons. The van der Waals surface area contributed by atoms with Crippen LogP contribution in [0.1, 0.15) is 0 Å². The molecule has 0 saturated carbocycles. The molecule has 106 valence electrons. The minimum atomic E-state index is 0.438. The minimum absolute atomic E-state index is 0.438. The van der Waals surface area contributed by atoms with Crippen LogP contribution >= 0.6 is 11.6 Å². The van der Waals surface area contributed by atoms with Crippen molar-refractivity contribution >= 4 is 23.2 Å². The average Bonchev–Trinajstić information content (AvgIpc) is 2.88. The molecule has 2 heterocycles. The maximum Gasteiger partial charge on any atom is 0.266 e. The van der Waals surface area contributed by atoms with Crippen LogP contribution in [0.4, 0.5) is 11.6 Å². The van der Waals surface area contributed by atoms with E-state index in [1.54, 1.807) is 18.2 Å². The van der Waals surface area contributed by atoms with Gasteiger partial charge in [0.25, 0.3) is 11.8 Å². The van der Waals surface area contributed by atoms with Crippen molar-refractivity contribution < 1.29 is 4.52 Å². The molecule has 1 aromatic carbocycles. The molecule has 1 saturated heterocycles. The summed E-state index contributed by atoms with van der Waals surface area (Å²) in [6, 6.07) is 5.22. The monoisotopic (exact) mass is 293 g/mol. The Labute approximate surface area is 122 Å². The topological polar surface area (TPSA) is 71.4 Å². The van der Waals surface area contributed by atoms with E-state index in [4.69, 9.17) is 21.9 Å². The number of nitrogen functional groups attached to an aromatic ring is 1. The average molecular weight is 294 g/mol. The van der Waals surface area contributed by atoms with Crippen LogP contribution in [0.5, 0.6) is 0 Å². The van der Waals surface area contributed by atoms with Gasteiger partial charge in [-0.3, -0.25) is 0 Å². The van der Waals surface area contributed by atoms with Crippen molar-refractivity contribution in [2.75, 3.05) is 43.9 Å². The molecule has 1 aliphatic rings. The first-order chi connectivity index (χ1) is 9.61. The van der Waals surface area contributed by atoms with Gasteiger partial charge in [0.1, 0.15) is 0 Å². The van der Waals surface area contributed by atoms with Gasteiger partial charge in [-0.15, -0.1) is 0 Å². The van der Waals surface area contributed by atoms with Crippen LogP contribution in [0, 0.1) is 0 Å². The van der Waals surface area contributed by atoms with E-state index in [-0.39, 0.29) is 0 Å². The second-order valence-corrected chi connectivity index (χ2v) is 5.40. The van der Waals surface area contributed by atoms with Crippen LogP contribution in [0.3, 0.4) is 0 Å². The first-order valence-corrected chi connectivity index (χ1v) is 6.83. The standard InChI is InChI=1S/C13H16ClN5O/c1-18-2-4-19(5-3-18)13-16-12(20-17-13)9-6-10(14)8-11(15)7-9/h6-8H,2-5,15H2,1H3. The number of nitrogens with zero attached hydrogens (tertiary/aromatic N) is 4. The number of likely N-dealkylation sites (N-methyl/N-ethyl adjacent to an activating group) is 1. The van der Waals surface area contributed by atoms with Crippen LogP contribution in [0.25, 0.3) is 11.5 Å². The first kappa shape index (κ1) is 13.2. The highest BCUT2D eigenvalue weighted by molar-refractivity contribution is 6.31. The van der Waals surface area contributed by atoms with Gasteiger partial charge in [0, 0.05) is 42.5 Å². The van der Waals surface area contributed by atoms with E-state index in [1.165, 1.54) is 0 Å². The normalized spacial score (nSPS) is 16.6. The van der Waals surface area contributed by atoms with E-state index < -0.39 is 0 Å². The number of nitrogens with two attached hydrogens (primary N) is 1. The van der Waals surface area contributed by atoms with Crippen molar-refractivity contribution in [3.05, 3.63) is 23.2 Å². The molecule has 0 bridgehead atoms. The molecular formula is C13H16ClN5O. The van der Waals surface area contributed by atoms with Gasteiger partial charge in [-0.1, -0.05) is 11.6 Å². The maximum absolute atomic E-state index is 5.99. The zero-order valence-electron chi connectivity index (χ0n) is 11.2. The molecule has 3 rings (SSSR count). The smallest absolute Gasteiger partial charge is 0.266 e. The van der Waals surface area contributed by atoms with Gasteiger partial charge in [0.05, 0.1) is 0 Å². The van der Waals surface area contributed by atoms with E-state index in [9.17, 15) is 0 Å². The number of hydrogen-bond acceptors (Lipinski definition) is 6. The molecular weight excluding hydrogens is 278 g/mol. The Bertz CT molecular complexity index is 586. The molecule has 0 unspecified atom stereocenters. The first-order valence-electron chi connectivity index (χ1n) is 6.45. The van der Waals surface area contributed by atoms with Crippen LogP contribution in [-0.2, 0) is 0 Å². The summed E-state index contributed by atoms with van der Waals surface area (Å²) in [5.41, 5.74) is 7.09. The van der Waals surface area contributed by atoms with E-state index in [0.717, 1.165) is 31.7 Å². The number of aromatic nitrogens is 2. The maximum atomic E-state index is 5.99. The summed E-state index contributed by atoms with van der Waals surface area (Å²) in [6.07, 6.45) is 0. The quantitative estimate of drug-likeness (QED) is 0.850. The molecule has 0 spiro atoms. The van der Waals surface area contributed by atoms with Gasteiger partial charge in [-0.25, -0.2) is 0 Å². The Hall–Kier alpha value is -1.79. The van der Waals surface area contributed by atoms with Gasteiger partial charge in [-0.2, -0.15) is 4.98 Å². The fraction of sp³-hybridized carbons (Fsp3) is 0.385. The third kappa shape index (κ3) is 2.71. The molecule has 2 aromatic rings. The van der Waals surface area contributed by atoms with Crippen LogP contribution in [-0.4, -0.2) is 48.3 Å². The van der Waals surface area contributed by atoms with Gasteiger partial charge in [0.2, 0.25) is 0 Å². The number of rotatable bonds is 2. The van der Waals surface area contributed by atoms with Crippen LogP contribution in [0.2, 0.25) is 5.02 Å². The molecule has 0 aliphatic carbocycles. The predicted molar refractivity (Wildman–Crippen MR) is 78.9 cm³/mol. The summed E-state index contributed by atoms with van der Waals surface area (Å²) in [5.74, 6) is 1.06. The Morgan fingerprint density at radius 2 is 1.95 bits per heavy atom. The lowest BCUT2D eigenvalue weighted by Gasteiger charge is -2.31. The van der Waals surface area contributed by atoms with E-state index in [2.05, 4.69) is 27.0 Å². The number of benzene rings is 1. The lowest BCUT2D eigenvalue weighted by atomic mass is 10.2. The van der Waals surface area contributed by atoms with Crippen molar-refractivity contribution in [2.45, 2.75) is 0 Å². The van der Waals surface area contributed by atoms with E-state index in [0.29, 0.717) is 22.5 Å². The highest BCUT2D eigenvalue weighted by atomic mass is 35.5. The van der Waals surface area contributed by atoms with Gasteiger partial charge in [-0.05, 0) is 30.4 Å². The lowest BCUT2D eigenvalue weighted by Crippen LogP contribution is -2.44. The fourth-order valence-corrected chi connectivity index (χ4v) is 2.45. The van der Waals surface area contributed by atoms with Crippen molar-refractivity contribution in [2.24, 2.45) is 0 Å². The third-order valence-corrected chi connectivity index (χ3v) is 3.59. The molecule has 1 aliphatic heterocycles. The van der Waals surface area contributed by atoms with Crippen molar-refractivity contribution in [3.8, 4) is 11.5 Å². The SMILES string of the molecule is CN1CCN(c2noc(-c3cc(N)cc(Cl)c3)n2)CC1. The molecule has 1 fully saturated rings. The second kappa shape index (κ2) is 5.30. The molecule has 20 heavy (non-hydrogen) atoms. The molecule has 0 atom stereocenters. The van der Waals surface area contributed by atoms with Crippen LogP contribution < -0.4 is 10.6 Å². The van der Waals surface area contributed by atoms with Crippen molar-refractivity contribution in [3.63, 3.8) is 0 Å². The summed E-state index contributed by atoms with van der Waals surface area (Å²) in [4.78, 5) is 8.81. The second-order valence-electron chi connectivity index (χ2n) is 4.96. The minimum Gasteiger partial charge on any atom is -0.399 e. The molecule has 6 nitrogen and oxygen atoms in total. The Morgan fingerprint density at radius 3 is 2.65 bits per heavy atom. The fourth-order valence-electron chi connectivity index (χ4n) is 2.20. The highest BCUT2D eigenvalue weighted by Crippen LogP contribution is 2.26. The number of piperazine rings is 1. The third-order valence-electron chi connectivity index (χ3n) is 3.37. The molecule has 2 N–H and O–H groups in total. The summed E-state index contributed by atoms with van der Waals surface area (Å²) in [6.45, 7) is 3.78. The summed E-state index contributed by atoms with van der Waals surface area (Å²) < 4.78 is 5.31. The molecule has 1 aromatic heterocycles. The predicted octanol–water partition coefficient (Wildman–Crippen LogP) is 1.72. The number of hydrogen-bond donors (Lipinski definition) is 1. The van der Waals surface area contributed by atoms with Gasteiger partial charge < -0.3 is 20.1 Å². The summed E-state index contributed by atoms with van der Waals surface area (Å²) in [7, 11) is 2.10. The number of anilines is 2. The van der Waals surface area contributed by atoms with E-state index in [1.807, 2.05) is 0 Å². The zero-order chi connectivity index (χ0) is 14.1. The van der Waals surface area contributed by atoms with Gasteiger partial charge >= 0.3 is 0 Å². The lowest BCUT2D eigenvalue weighted by molar-refractivity contribution is 0.309. The van der Waals surface area contributed by atoms with Crippen LogP contribution in [0.15, 0.2) is 22.7 Å². The van der Waals surface area contributed by atoms with Gasteiger partial charge in [0.15, 0.2) is 0 Å². The van der Waals surface area contributed by atoms with Crippen molar-refractivity contribution in [1.29, 1.82) is 0 Å². The largest absolute Gasteiger partial charge is 0.399 e. The zero-order valence-corrected chi connectivity index (χ0v) is 12.0. The van der Waals surface area contributed by atoms with E-state index >= 15 is 0 Å². The Morgan fingerprint density at radius 1 is 1.20 bits per heavy atom. The Kier molecular flexibility index (Phi) is 3.50. The van der Waals surface area contributed by atoms with Crippen molar-refractivity contribution in [1.82, 2.24) is 15.0 Å². The summed E-state index contributed by atoms with van der Waals surface area (Å²) >= 11 is 5.99.